The first-order valence-electron chi connectivity index (χ1n) is 11.4. The van der Waals surface area contributed by atoms with Crippen LogP contribution in [0.15, 0.2) is 77.2 Å². The maximum Gasteiger partial charge on any atom is 0.250 e. The van der Waals surface area contributed by atoms with E-state index in [9.17, 15) is 9.90 Å². The minimum Gasteiger partial charge on any atom is -0.504 e. The van der Waals surface area contributed by atoms with E-state index >= 15 is 0 Å². The zero-order chi connectivity index (χ0) is 26.2. The summed E-state index contributed by atoms with van der Waals surface area (Å²) in [6.45, 7) is 4.26. The van der Waals surface area contributed by atoms with Crippen molar-refractivity contribution in [1.82, 2.24) is 25.2 Å². The molecule has 0 aliphatic heterocycles. The smallest absolute Gasteiger partial charge is 0.250 e. The fourth-order valence-electron chi connectivity index (χ4n) is 3.41. The first-order chi connectivity index (χ1) is 18.0. The Balaban J connectivity index is 1.51. The van der Waals surface area contributed by atoms with Crippen molar-refractivity contribution in [3.63, 3.8) is 0 Å². The summed E-state index contributed by atoms with van der Waals surface area (Å²) in [4.78, 5) is 16.8. The third-order valence-corrected chi connectivity index (χ3v) is 6.17. The zero-order valence-corrected chi connectivity index (χ0v) is 21.4. The van der Waals surface area contributed by atoms with Crippen LogP contribution in [0.1, 0.15) is 19.4 Å². The molecule has 0 saturated carbocycles. The lowest BCUT2D eigenvalue weighted by molar-refractivity contribution is -0.118. The molecule has 2 aromatic carbocycles. The average Bonchev–Trinajstić information content (AvgIpc) is 3.36. The van der Waals surface area contributed by atoms with Crippen LogP contribution in [0.3, 0.4) is 0 Å². The van der Waals surface area contributed by atoms with Crippen LogP contribution in [0.25, 0.3) is 17.1 Å². The highest BCUT2D eigenvalue weighted by Gasteiger charge is 2.18. The molecule has 2 heterocycles. The molecule has 4 rings (SSSR count). The van der Waals surface area contributed by atoms with Gasteiger partial charge in [-0.2, -0.15) is 5.10 Å². The Morgan fingerprint density at radius 2 is 1.97 bits per heavy atom. The molecule has 0 radical (unpaired) electrons. The highest BCUT2D eigenvalue weighted by molar-refractivity contribution is 7.99. The molecule has 0 aliphatic carbocycles. The van der Waals surface area contributed by atoms with Gasteiger partial charge in [0.05, 0.1) is 25.2 Å². The molecular formula is C26H26N6O4S. The SMILES string of the molecule is CCOc1ccc(-n2c(SCC(=O)N/N=C(\C)c3ccc(O)c(OC)c3)nnc2-c2cccnc2)cc1. The number of carbonyl (C=O) groups excluding carboxylic acids is 1. The molecule has 37 heavy (non-hydrogen) atoms. The monoisotopic (exact) mass is 518 g/mol. The van der Waals surface area contributed by atoms with Crippen molar-refractivity contribution in [2.24, 2.45) is 5.10 Å². The number of carbonyl (C=O) groups is 1. The van der Waals surface area contributed by atoms with Crippen molar-refractivity contribution in [1.29, 1.82) is 0 Å². The second-order valence-corrected chi connectivity index (χ2v) is 8.66. The van der Waals surface area contributed by atoms with Crippen molar-refractivity contribution >= 4 is 23.4 Å². The summed E-state index contributed by atoms with van der Waals surface area (Å²) in [6.07, 6.45) is 3.41. The van der Waals surface area contributed by atoms with E-state index < -0.39 is 0 Å². The number of hydrogen-bond donors (Lipinski definition) is 2. The van der Waals surface area contributed by atoms with Crippen molar-refractivity contribution < 1.29 is 19.4 Å². The zero-order valence-electron chi connectivity index (χ0n) is 20.6. The lowest BCUT2D eigenvalue weighted by atomic mass is 10.1. The van der Waals surface area contributed by atoms with Gasteiger partial charge in [0.25, 0.3) is 5.91 Å². The quantitative estimate of drug-likeness (QED) is 0.183. The van der Waals surface area contributed by atoms with Crippen LogP contribution < -0.4 is 14.9 Å². The number of aromatic nitrogens is 4. The fourth-order valence-corrected chi connectivity index (χ4v) is 4.16. The summed E-state index contributed by atoms with van der Waals surface area (Å²) >= 11 is 1.24. The lowest BCUT2D eigenvalue weighted by Crippen LogP contribution is -2.21. The Kier molecular flexibility index (Phi) is 8.37. The molecular weight excluding hydrogens is 492 g/mol. The molecule has 4 aromatic rings. The van der Waals surface area contributed by atoms with Crippen LogP contribution in [-0.2, 0) is 4.79 Å². The number of ether oxygens (including phenoxy) is 2. The normalized spacial score (nSPS) is 11.3. The van der Waals surface area contributed by atoms with E-state index in [4.69, 9.17) is 9.47 Å². The van der Waals surface area contributed by atoms with Crippen LogP contribution in [0.5, 0.6) is 17.2 Å². The number of rotatable bonds is 10. The third-order valence-electron chi connectivity index (χ3n) is 5.24. The molecule has 2 aromatic heterocycles. The van der Waals surface area contributed by atoms with Gasteiger partial charge >= 0.3 is 0 Å². The molecule has 0 spiro atoms. The van der Waals surface area contributed by atoms with Gasteiger partial charge in [0.2, 0.25) is 0 Å². The summed E-state index contributed by atoms with van der Waals surface area (Å²) in [5.74, 6) is 1.48. The summed E-state index contributed by atoms with van der Waals surface area (Å²) in [6, 6.07) is 16.2. The number of pyridine rings is 1. The van der Waals surface area contributed by atoms with Gasteiger partial charge in [-0.15, -0.1) is 10.2 Å². The van der Waals surface area contributed by atoms with Crippen LogP contribution in [0, 0.1) is 0 Å². The second-order valence-electron chi connectivity index (χ2n) is 7.72. The maximum atomic E-state index is 12.6. The predicted molar refractivity (Wildman–Crippen MR) is 141 cm³/mol. The standard InChI is InChI=1S/C26H26N6O4S/c1-4-36-21-10-8-20(9-11-21)32-25(19-6-5-13-27-15-19)30-31-26(32)37-16-24(34)29-28-17(2)18-7-12-22(33)23(14-18)35-3/h5-15,33H,4,16H2,1-3H3,(H,29,34)/b28-17+. The van der Waals surface area contributed by atoms with Crippen molar-refractivity contribution in [3.05, 3.63) is 72.6 Å². The number of nitrogens with zero attached hydrogens (tertiary/aromatic N) is 5. The Morgan fingerprint density at radius 3 is 2.68 bits per heavy atom. The number of benzene rings is 2. The largest absolute Gasteiger partial charge is 0.504 e. The minimum absolute atomic E-state index is 0.0294. The van der Waals surface area contributed by atoms with E-state index in [0.29, 0.717) is 34.6 Å². The number of aromatic hydroxyl groups is 1. The van der Waals surface area contributed by atoms with E-state index in [1.807, 2.05) is 47.9 Å². The van der Waals surface area contributed by atoms with Crippen molar-refractivity contribution in [2.45, 2.75) is 19.0 Å². The van der Waals surface area contributed by atoms with Gasteiger partial charge < -0.3 is 14.6 Å². The van der Waals surface area contributed by atoms with Crippen molar-refractivity contribution in [3.8, 4) is 34.3 Å². The number of phenols is 1. The first-order valence-corrected chi connectivity index (χ1v) is 12.4. The molecule has 2 N–H and O–H groups in total. The molecule has 0 saturated heterocycles. The molecule has 11 heteroatoms. The van der Waals surface area contributed by atoms with Gasteiger partial charge in [0.15, 0.2) is 22.5 Å². The van der Waals surface area contributed by atoms with E-state index in [1.54, 1.807) is 31.5 Å². The number of methoxy groups -OCH3 is 1. The van der Waals surface area contributed by atoms with Gasteiger partial charge in [-0.25, -0.2) is 5.43 Å². The number of thioether (sulfide) groups is 1. The van der Waals surface area contributed by atoms with Crippen LogP contribution in [0.2, 0.25) is 0 Å². The predicted octanol–water partition coefficient (Wildman–Crippen LogP) is 4.07. The van der Waals surface area contributed by atoms with Gasteiger partial charge in [-0.1, -0.05) is 11.8 Å². The Bertz CT molecular complexity index is 1390. The molecule has 0 bridgehead atoms. The molecule has 190 valence electrons. The lowest BCUT2D eigenvalue weighted by Gasteiger charge is -2.11. The number of nitrogens with one attached hydrogen (secondary N) is 1. The van der Waals surface area contributed by atoms with Gasteiger partial charge in [-0.3, -0.25) is 14.3 Å². The highest BCUT2D eigenvalue weighted by atomic mass is 32.2. The van der Waals surface area contributed by atoms with Crippen LogP contribution in [-0.4, -0.2) is 55.9 Å². The molecule has 1 amide bonds. The Hall–Kier alpha value is -4.38. The number of phenolic OH excluding ortho intramolecular Hbond substituents is 1. The minimum atomic E-state index is -0.306. The Labute approximate surface area is 218 Å². The summed E-state index contributed by atoms with van der Waals surface area (Å²) in [5, 5.41) is 23.2. The van der Waals surface area contributed by atoms with E-state index in [1.165, 1.54) is 24.9 Å². The third kappa shape index (κ3) is 6.25. The van der Waals surface area contributed by atoms with Gasteiger partial charge in [-0.05, 0) is 68.4 Å². The molecule has 0 fully saturated rings. The summed E-state index contributed by atoms with van der Waals surface area (Å²) in [5.41, 5.74) is 5.45. The first kappa shape index (κ1) is 25.7. The van der Waals surface area contributed by atoms with E-state index in [2.05, 4.69) is 25.7 Å². The van der Waals surface area contributed by atoms with E-state index in [0.717, 1.165) is 17.0 Å². The van der Waals surface area contributed by atoms with Gasteiger partial charge in [0, 0.05) is 29.2 Å². The number of hydrogen-bond acceptors (Lipinski definition) is 9. The van der Waals surface area contributed by atoms with E-state index in [-0.39, 0.29) is 17.4 Å². The summed E-state index contributed by atoms with van der Waals surface area (Å²) in [7, 11) is 1.47. The van der Waals surface area contributed by atoms with Crippen LogP contribution >= 0.6 is 11.8 Å². The molecule has 0 aliphatic rings. The Morgan fingerprint density at radius 1 is 1.16 bits per heavy atom. The maximum absolute atomic E-state index is 12.6. The average molecular weight is 519 g/mol. The second kappa shape index (κ2) is 12.0. The fraction of sp³-hybridized carbons (Fsp3) is 0.192. The number of amides is 1. The summed E-state index contributed by atoms with van der Waals surface area (Å²) < 4.78 is 12.6. The van der Waals surface area contributed by atoms with Gasteiger partial charge in [0.1, 0.15) is 5.75 Å². The number of hydrazone groups is 1. The highest BCUT2D eigenvalue weighted by Crippen LogP contribution is 2.29. The van der Waals surface area contributed by atoms with Crippen molar-refractivity contribution in [2.75, 3.05) is 19.5 Å². The molecule has 0 unspecified atom stereocenters. The molecule has 0 atom stereocenters. The van der Waals surface area contributed by atoms with Crippen LogP contribution in [0.4, 0.5) is 0 Å². The molecule has 10 nitrogen and oxygen atoms in total. The topological polar surface area (TPSA) is 124 Å².